The number of hydrogen-bond donors (Lipinski definition) is 0. The number of aromatic nitrogens is 5. The Morgan fingerprint density at radius 1 is 0.667 bits per heavy atom. The average molecular weight is 480 g/mol. The topological polar surface area (TPSA) is 63.0 Å². The summed E-state index contributed by atoms with van der Waals surface area (Å²) in [6, 6.07) is 28.5. The van der Waals surface area contributed by atoms with Crippen molar-refractivity contribution in [1.29, 1.82) is 0 Å². The fraction of sp³-hybridized carbons (Fsp3) is 0.379. The van der Waals surface area contributed by atoms with E-state index in [1.807, 2.05) is 12.3 Å². The molecule has 7 nitrogen and oxygen atoms in total. The van der Waals surface area contributed by atoms with Crippen LogP contribution >= 0.6 is 0 Å². The van der Waals surface area contributed by atoms with E-state index >= 15 is 0 Å². The normalized spacial score (nSPS) is 18.6. The van der Waals surface area contributed by atoms with Crippen molar-refractivity contribution in [2.45, 2.75) is 43.8 Å². The van der Waals surface area contributed by atoms with Crippen LogP contribution in [0.2, 0.25) is 0 Å². The van der Waals surface area contributed by atoms with E-state index in [1.165, 1.54) is 24.0 Å². The molecule has 2 aromatic carbocycles. The lowest BCUT2D eigenvalue weighted by Gasteiger charge is -2.42. The number of tetrazole rings is 1. The number of nitrogens with zero attached hydrogens (tertiary/aromatic N) is 7. The standard InChI is InChI=1S/C29H33N7/c1-3-11-23(12-4-1)27(24-13-5-2-6-14-24)34-19-21-35(22-20-34)28(26-17-9-10-18-30-26)29-31-32-33-36(29)25-15-7-8-16-25/h1-6,9-14,17-18,25,27-28H,7-8,15-16,19-22H2/t28-/m1/s1. The van der Waals surface area contributed by atoms with Gasteiger partial charge in [0.2, 0.25) is 0 Å². The molecule has 0 bridgehead atoms. The van der Waals surface area contributed by atoms with Gasteiger partial charge in [0.1, 0.15) is 6.04 Å². The number of hydrogen-bond acceptors (Lipinski definition) is 6. The van der Waals surface area contributed by atoms with Crippen LogP contribution in [-0.2, 0) is 0 Å². The molecule has 1 aliphatic carbocycles. The highest BCUT2D eigenvalue weighted by molar-refractivity contribution is 5.32. The van der Waals surface area contributed by atoms with Crippen LogP contribution in [0.4, 0.5) is 0 Å². The molecule has 36 heavy (non-hydrogen) atoms. The van der Waals surface area contributed by atoms with Crippen LogP contribution in [0.5, 0.6) is 0 Å². The van der Waals surface area contributed by atoms with Gasteiger partial charge in [-0.15, -0.1) is 5.10 Å². The predicted octanol–water partition coefficient (Wildman–Crippen LogP) is 4.68. The van der Waals surface area contributed by atoms with Crippen molar-refractivity contribution < 1.29 is 0 Å². The second-order valence-electron chi connectivity index (χ2n) is 9.87. The third-order valence-electron chi connectivity index (χ3n) is 7.71. The van der Waals surface area contributed by atoms with Gasteiger partial charge < -0.3 is 0 Å². The van der Waals surface area contributed by atoms with Crippen LogP contribution in [0.1, 0.15) is 66.5 Å². The van der Waals surface area contributed by atoms with Gasteiger partial charge in [0.05, 0.1) is 17.8 Å². The molecule has 2 aromatic heterocycles. The Bertz CT molecular complexity index is 1170. The van der Waals surface area contributed by atoms with Gasteiger partial charge in [0.25, 0.3) is 0 Å². The molecule has 1 aliphatic heterocycles. The SMILES string of the molecule is c1ccc(C(c2ccccc2)N2CCN([C@H](c3ccccn3)c3nnnn3C3CCCC3)CC2)cc1. The first-order chi connectivity index (χ1) is 17.9. The zero-order valence-electron chi connectivity index (χ0n) is 20.6. The molecule has 4 aromatic rings. The van der Waals surface area contributed by atoms with E-state index in [9.17, 15) is 0 Å². The molecule has 0 amide bonds. The van der Waals surface area contributed by atoms with E-state index in [0.29, 0.717) is 6.04 Å². The van der Waals surface area contributed by atoms with Crippen molar-refractivity contribution >= 4 is 0 Å². The van der Waals surface area contributed by atoms with Gasteiger partial charge >= 0.3 is 0 Å². The lowest BCUT2D eigenvalue weighted by Crippen LogP contribution is -2.49. The summed E-state index contributed by atoms with van der Waals surface area (Å²) in [5.74, 6) is 0.928. The quantitative estimate of drug-likeness (QED) is 0.384. The number of rotatable bonds is 7. The van der Waals surface area contributed by atoms with Gasteiger partial charge in [-0.2, -0.15) is 0 Å². The molecule has 184 valence electrons. The van der Waals surface area contributed by atoms with Crippen LogP contribution in [0.15, 0.2) is 85.1 Å². The minimum absolute atomic E-state index is 0.0455. The zero-order chi connectivity index (χ0) is 24.2. The van der Waals surface area contributed by atoms with E-state index in [0.717, 1.165) is 50.5 Å². The maximum Gasteiger partial charge on any atom is 0.174 e. The van der Waals surface area contributed by atoms with Crippen molar-refractivity contribution in [3.63, 3.8) is 0 Å². The molecule has 0 N–H and O–H groups in total. The highest BCUT2D eigenvalue weighted by Gasteiger charge is 2.35. The Morgan fingerprint density at radius 2 is 1.25 bits per heavy atom. The lowest BCUT2D eigenvalue weighted by molar-refractivity contribution is 0.0841. The van der Waals surface area contributed by atoms with Crippen molar-refractivity contribution in [2.24, 2.45) is 0 Å². The van der Waals surface area contributed by atoms with Crippen molar-refractivity contribution in [3.05, 3.63) is 108 Å². The van der Waals surface area contributed by atoms with Crippen LogP contribution < -0.4 is 0 Å². The first-order valence-corrected chi connectivity index (χ1v) is 13.1. The lowest BCUT2D eigenvalue weighted by atomic mass is 9.96. The number of benzene rings is 2. The molecule has 2 aliphatic rings. The van der Waals surface area contributed by atoms with Crippen molar-refractivity contribution in [3.8, 4) is 0 Å². The smallest absolute Gasteiger partial charge is 0.174 e. The Kier molecular flexibility index (Phi) is 6.83. The second kappa shape index (κ2) is 10.7. The molecular formula is C29H33N7. The van der Waals surface area contributed by atoms with Crippen molar-refractivity contribution in [2.75, 3.05) is 26.2 Å². The molecule has 1 atom stereocenters. The molecular weight excluding hydrogens is 446 g/mol. The van der Waals surface area contributed by atoms with E-state index in [-0.39, 0.29) is 12.1 Å². The van der Waals surface area contributed by atoms with Crippen LogP contribution in [-0.4, -0.2) is 61.2 Å². The van der Waals surface area contributed by atoms with E-state index in [2.05, 4.69) is 103 Å². The summed E-state index contributed by atoms with van der Waals surface area (Å²) in [6.45, 7) is 3.77. The summed E-state index contributed by atoms with van der Waals surface area (Å²) >= 11 is 0. The van der Waals surface area contributed by atoms with E-state index < -0.39 is 0 Å². The minimum Gasteiger partial charge on any atom is -0.290 e. The molecule has 1 saturated carbocycles. The molecule has 0 spiro atoms. The molecule has 1 saturated heterocycles. The number of piperazine rings is 1. The van der Waals surface area contributed by atoms with Gasteiger partial charge in [0.15, 0.2) is 5.82 Å². The Balaban J connectivity index is 1.28. The fourth-order valence-corrected chi connectivity index (χ4v) is 5.95. The van der Waals surface area contributed by atoms with E-state index in [1.54, 1.807) is 0 Å². The van der Waals surface area contributed by atoms with Crippen LogP contribution in [0.25, 0.3) is 0 Å². The molecule has 2 fully saturated rings. The first kappa shape index (κ1) is 23.0. The van der Waals surface area contributed by atoms with E-state index in [4.69, 9.17) is 4.98 Å². The molecule has 0 unspecified atom stereocenters. The highest BCUT2D eigenvalue weighted by atomic mass is 15.6. The number of pyridine rings is 1. The highest BCUT2D eigenvalue weighted by Crippen LogP contribution is 2.35. The fourth-order valence-electron chi connectivity index (χ4n) is 5.95. The summed E-state index contributed by atoms with van der Waals surface area (Å²) in [4.78, 5) is 9.89. The van der Waals surface area contributed by atoms with Gasteiger partial charge in [0, 0.05) is 32.4 Å². The van der Waals surface area contributed by atoms with Crippen LogP contribution in [0.3, 0.4) is 0 Å². The molecule has 3 heterocycles. The largest absolute Gasteiger partial charge is 0.290 e. The zero-order valence-corrected chi connectivity index (χ0v) is 20.6. The Morgan fingerprint density at radius 3 is 1.83 bits per heavy atom. The van der Waals surface area contributed by atoms with Gasteiger partial charge in [-0.3, -0.25) is 14.8 Å². The molecule has 7 heteroatoms. The molecule has 6 rings (SSSR count). The maximum atomic E-state index is 4.76. The monoisotopic (exact) mass is 479 g/mol. The van der Waals surface area contributed by atoms with Gasteiger partial charge in [-0.05, 0) is 46.5 Å². The summed E-state index contributed by atoms with van der Waals surface area (Å²) in [7, 11) is 0. The van der Waals surface area contributed by atoms with Crippen molar-refractivity contribution in [1.82, 2.24) is 35.0 Å². The first-order valence-electron chi connectivity index (χ1n) is 13.1. The maximum absolute atomic E-state index is 4.76. The summed E-state index contributed by atoms with van der Waals surface area (Å²) in [5.41, 5.74) is 3.69. The third-order valence-corrected chi connectivity index (χ3v) is 7.71. The van der Waals surface area contributed by atoms with Gasteiger partial charge in [-0.1, -0.05) is 79.6 Å². The summed E-state index contributed by atoms with van der Waals surface area (Å²) in [6.07, 6.45) is 6.67. The summed E-state index contributed by atoms with van der Waals surface area (Å²) < 4.78 is 2.09. The van der Waals surface area contributed by atoms with Gasteiger partial charge in [-0.25, -0.2) is 4.68 Å². The second-order valence-corrected chi connectivity index (χ2v) is 9.87. The predicted molar refractivity (Wildman–Crippen MR) is 139 cm³/mol. The summed E-state index contributed by atoms with van der Waals surface area (Å²) in [5, 5.41) is 13.1. The third kappa shape index (κ3) is 4.68. The minimum atomic E-state index is -0.0455. The average Bonchev–Trinajstić information content (AvgIpc) is 3.65. The van der Waals surface area contributed by atoms with Crippen LogP contribution in [0, 0.1) is 0 Å². The Hall–Kier alpha value is -3.42. The molecule has 0 radical (unpaired) electrons. The Labute approximate surface area is 212 Å².